The first-order chi connectivity index (χ1) is 13.1. The molecule has 0 radical (unpaired) electrons. The van der Waals surface area contributed by atoms with Crippen molar-refractivity contribution in [3.8, 4) is 17.2 Å². The number of hydrogen-bond donors (Lipinski definition) is 1. The summed E-state index contributed by atoms with van der Waals surface area (Å²) in [6.07, 6.45) is -0.313. The van der Waals surface area contributed by atoms with Gasteiger partial charge in [-0.05, 0) is 35.9 Å². The summed E-state index contributed by atoms with van der Waals surface area (Å²) in [4.78, 5) is 17.7. The van der Waals surface area contributed by atoms with Gasteiger partial charge in [-0.15, -0.1) is 0 Å². The molecule has 0 bridgehead atoms. The van der Waals surface area contributed by atoms with Crippen LogP contribution in [0.5, 0.6) is 17.2 Å². The number of oxime groups is 1. The monoisotopic (exact) mass is 370 g/mol. The van der Waals surface area contributed by atoms with Gasteiger partial charge in [0.1, 0.15) is 17.2 Å². The molecule has 27 heavy (non-hydrogen) atoms. The molecule has 0 fully saturated rings. The van der Waals surface area contributed by atoms with Crippen LogP contribution in [0.1, 0.15) is 17.5 Å². The molecule has 2 aromatic carbocycles. The fraction of sp³-hybridized carbons (Fsp3) is 0.300. The van der Waals surface area contributed by atoms with Gasteiger partial charge in [0.2, 0.25) is 6.10 Å². The smallest absolute Gasteiger partial charge is 0.264 e. The molecule has 1 amide bonds. The number of nitrogens with zero attached hydrogens (tertiary/aromatic N) is 1. The van der Waals surface area contributed by atoms with Gasteiger partial charge in [0.15, 0.2) is 0 Å². The van der Waals surface area contributed by atoms with Gasteiger partial charge in [-0.25, -0.2) is 0 Å². The van der Waals surface area contributed by atoms with Gasteiger partial charge in [0, 0.05) is 18.5 Å². The number of rotatable bonds is 7. The third-order valence-corrected chi connectivity index (χ3v) is 4.30. The Morgan fingerprint density at radius 1 is 1.07 bits per heavy atom. The van der Waals surface area contributed by atoms with E-state index in [4.69, 9.17) is 19.0 Å². The van der Waals surface area contributed by atoms with E-state index in [2.05, 4.69) is 10.5 Å². The second kappa shape index (κ2) is 8.44. The maximum absolute atomic E-state index is 12.4. The van der Waals surface area contributed by atoms with E-state index in [-0.39, 0.29) is 5.91 Å². The van der Waals surface area contributed by atoms with Crippen LogP contribution in [0.15, 0.2) is 47.6 Å². The van der Waals surface area contributed by atoms with E-state index in [0.717, 1.165) is 16.9 Å². The SMILES string of the molecule is COc1ccc(CNC(=O)C2CC(c3cc(OC)ccc3OC)=NO2)cc1. The maximum atomic E-state index is 12.4. The van der Waals surface area contributed by atoms with Gasteiger partial charge in [-0.2, -0.15) is 0 Å². The molecule has 0 spiro atoms. The van der Waals surface area contributed by atoms with Gasteiger partial charge in [-0.1, -0.05) is 17.3 Å². The molecular formula is C20H22N2O5. The molecule has 3 rings (SSSR count). The van der Waals surface area contributed by atoms with E-state index in [1.165, 1.54) is 0 Å². The van der Waals surface area contributed by atoms with Crippen molar-refractivity contribution in [2.45, 2.75) is 19.1 Å². The average Bonchev–Trinajstić information content (AvgIpc) is 3.22. The number of amides is 1. The quantitative estimate of drug-likeness (QED) is 0.810. The summed E-state index contributed by atoms with van der Waals surface area (Å²) in [6.45, 7) is 0.403. The number of methoxy groups -OCH3 is 3. The number of ether oxygens (including phenoxy) is 3. The van der Waals surface area contributed by atoms with Gasteiger partial charge < -0.3 is 24.4 Å². The molecule has 1 aliphatic heterocycles. The normalized spacial score (nSPS) is 15.5. The van der Waals surface area contributed by atoms with Crippen LogP contribution in [-0.4, -0.2) is 39.1 Å². The van der Waals surface area contributed by atoms with Crippen molar-refractivity contribution >= 4 is 11.6 Å². The molecule has 2 aromatic rings. The van der Waals surface area contributed by atoms with Crippen LogP contribution < -0.4 is 19.5 Å². The zero-order valence-corrected chi connectivity index (χ0v) is 15.5. The third-order valence-electron chi connectivity index (χ3n) is 4.30. The Bertz CT molecular complexity index is 833. The zero-order chi connectivity index (χ0) is 19.2. The molecular weight excluding hydrogens is 348 g/mol. The highest BCUT2D eigenvalue weighted by atomic mass is 16.6. The topological polar surface area (TPSA) is 78.4 Å². The van der Waals surface area contributed by atoms with E-state index in [1.54, 1.807) is 33.5 Å². The van der Waals surface area contributed by atoms with Crippen molar-refractivity contribution in [3.05, 3.63) is 53.6 Å². The fourth-order valence-electron chi connectivity index (χ4n) is 2.76. The standard InChI is InChI=1S/C20H22N2O5/c1-24-14-6-4-13(5-7-14)12-21-20(23)19-11-17(22-27-19)16-10-15(25-2)8-9-18(16)26-3/h4-10,19H,11-12H2,1-3H3,(H,21,23). The minimum atomic E-state index is -0.672. The highest BCUT2D eigenvalue weighted by molar-refractivity contribution is 6.06. The van der Waals surface area contributed by atoms with Crippen molar-refractivity contribution in [3.63, 3.8) is 0 Å². The molecule has 1 atom stereocenters. The summed E-state index contributed by atoms with van der Waals surface area (Å²) in [5.41, 5.74) is 2.37. The number of hydrogen-bond acceptors (Lipinski definition) is 6. The van der Waals surface area contributed by atoms with Crippen LogP contribution in [0.4, 0.5) is 0 Å². The summed E-state index contributed by atoms with van der Waals surface area (Å²) in [6, 6.07) is 12.9. The lowest BCUT2D eigenvalue weighted by molar-refractivity contribution is -0.131. The van der Waals surface area contributed by atoms with Gasteiger partial charge in [0.25, 0.3) is 5.91 Å². The van der Waals surface area contributed by atoms with Crippen LogP contribution in [-0.2, 0) is 16.2 Å². The molecule has 1 heterocycles. The highest BCUT2D eigenvalue weighted by Gasteiger charge is 2.30. The van der Waals surface area contributed by atoms with E-state index in [0.29, 0.717) is 30.2 Å². The summed E-state index contributed by atoms with van der Waals surface area (Å²) >= 11 is 0. The van der Waals surface area contributed by atoms with Crippen molar-refractivity contribution in [2.24, 2.45) is 5.16 Å². The van der Waals surface area contributed by atoms with E-state index in [9.17, 15) is 4.79 Å². The van der Waals surface area contributed by atoms with Crippen molar-refractivity contribution < 1.29 is 23.8 Å². The molecule has 142 valence electrons. The Balaban J connectivity index is 1.60. The molecule has 1 aliphatic rings. The molecule has 1 unspecified atom stereocenters. The molecule has 0 aliphatic carbocycles. The minimum absolute atomic E-state index is 0.216. The Labute approximate surface area is 157 Å². The summed E-state index contributed by atoms with van der Waals surface area (Å²) in [7, 11) is 4.79. The largest absolute Gasteiger partial charge is 0.497 e. The van der Waals surface area contributed by atoms with Crippen LogP contribution >= 0.6 is 0 Å². The first-order valence-corrected chi connectivity index (χ1v) is 8.50. The van der Waals surface area contributed by atoms with Gasteiger partial charge >= 0.3 is 0 Å². The van der Waals surface area contributed by atoms with Gasteiger partial charge in [0.05, 0.1) is 27.0 Å². The van der Waals surface area contributed by atoms with Crippen LogP contribution in [0, 0.1) is 0 Å². The summed E-state index contributed by atoms with van der Waals surface area (Å²) in [5.74, 6) is 1.89. The maximum Gasteiger partial charge on any atom is 0.264 e. The lowest BCUT2D eigenvalue weighted by Gasteiger charge is -2.11. The lowest BCUT2D eigenvalue weighted by atomic mass is 10.0. The minimum Gasteiger partial charge on any atom is -0.497 e. The Hall–Kier alpha value is -3.22. The molecule has 7 nitrogen and oxygen atoms in total. The molecule has 0 saturated heterocycles. The third kappa shape index (κ3) is 4.31. The van der Waals surface area contributed by atoms with E-state index < -0.39 is 6.10 Å². The molecule has 0 aromatic heterocycles. The fourth-order valence-corrected chi connectivity index (χ4v) is 2.76. The van der Waals surface area contributed by atoms with E-state index in [1.807, 2.05) is 30.3 Å². The number of benzene rings is 2. The summed E-state index contributed by atoms with van der Waals surface area (Å²) in [5, 5.41) is 6.94. The Kier molecular flexibility index (Phi) is 5.80. The summed E-state index contributed by atoms with van der Waals surface area (Å²) < 4.78 is 15.8. The predicted octanol–water partition coefficient (Wildman–Crippen LogP) is 2.52. The second-order valence-corrected chi connectivity index (χ2v) is 5.97. The second-order valence-electron chi connectivity index (χ2n) is 5.97. The van der Waals surface area contributed by atoms with Crippen LogP contribution in [0.25, 0.3) is 0 Å². The van der Waals surface area contributed by atoms with Crippen LogP contribution in [0.2, 0.25) is 0 Å². The molecule has 7 heteroatoms. The highest BCUT2D eigenvalue weighted by Crippen LogP contribution is 2.28. The Morgan fingerprint density at radius 3 is 2.44 bits per heavy atom. The first-order valence-electron chi connectivity index (χ1n) is 8.50. The number of carbonyl (C=O) groups excluding carboxylic acids is 1. The molecule has 1 N–H and O–H groups in total. The van der Waals surface area contributed by atoms with Crippen molar-refractivity contribution in [1.29, 1.82) is 0 Å². The zero-order valence-electron chi connectivity index (χ0n) is 15.5. The van der Waals surface area contributed by atoms with Crippen molar-refractivity contribution in [2.75, 3.05) is 21.3 Å². The Morgan fingerprint density at radius 2 is 1.78 bits per heavy atom. The van der Waals surface area contributed by atoms with Gasteiger partial charge in [-0.3, -0.25) is 4.79 Å². The van der Waals surface area contributed by atoms with Crippen LogP contribution in [0.3, 0.4) is 0 Å². The average molecular weight is 370 g/mol. The van der Waals surface area contributed by atoms with E-state index >= 15 is 0 Å². The first kappa shape index (κ1) is 18.6. The predicted molar refractivity (Wildman–Crippen MR) is 100 cm³/mol. The van der Waals surface area contributed by atoms with Crippen molar-refractivity contribution in [1.82, 2.24) is 5.32 Å². The lowest BCUT2D eigenvalue weighted by Crippen LogP contribution is -2.34. The number of nitrogens with one attached hydrogen (secondary N) is 1. The molecule has 0 saturated carbocycles. The number of carbonyl (C=O) groups is 1.